The van der Waals surface area contributed by atoms with E-state index in [0.29, 0.717) is 12.3 Å². The first-order valence-corrected chi connectivity index (χ1v) is 4.37. The first-order valence-electron chi connectivity index (χ1n) is 4.37. The second-order valence-corrected chi connectivity index (χ2v) is 3.55. The number of rotatable bonds is 4. The number of carbonyl (C=O) groups is 1. The number of aliphatic hydroxyl groups excluding tert-OH is 1. The largest absolute Gasteiger partial charge is 0.396 e. The van der Waals surface area contributed by atoms with Crippen LogP contribution < -0.4 is 0 Å². The highest BCUT2D eigenvalue weighted by Gasteiger charge is 2.22. The molecule has 0 aliphatic heterocycles. The van der Waals surface area contributed by atoms with Crippen LogP contribution in [0.5, 0.6) is 0 Å². The molecule has 11 heavy (non-hydrogen) atoms. The zero-order valence-corrected chi connectivity index (χ0v) is 7.05. The van der Waals surface area contributed by atoms with E-state index in [0.717, 1.165) is 0 Å². The van der Waals surface area contributed by atoms with Crippen LogP contribution >= 0.6 is 0 Å². The zero-order valence-electron chi connectivity index (χ0n) is 7.05. The van der Waals surface area contributed by atoms with Crippen LogP contribution in [0.4, 0.5) is 0 Å². The number of carbonyl (C=O) groups excluding carboxylic acids is 1. The standard InChI is InChI=1S/C9H16O2/c1-7(6-10)9(11)5-8-3-2-4-8/h7-8,10H,2-6H2,1H3/t7-/m1/s1. The van der Waals surface area contributed by atoms with Crippen molar-refractivity contribution in [1.82, 2.24) is 0 Å². The van der Waals surface area contributed by atoms with Gasteiger partial charge in [-0.3, -0.25) is 4.79 Å². The summed E-state index contributed by atoms with van der Waals surface area (Å²) in [5.41, 5.74) is 0. The summed E-state index contributed by atoms with van der Waals surface area (Å²) in [4.78, 5) is 11.2. The van der Waals surface area contributed by atoms with E-state index in [-0.39, 0.29) is 18.3 Å². The fraction of sp³-hybridized carbons (Fsp3) is 0.889. The summed E-state index contributed by atoms with van der Waals surface area (Å²) >= 11 is 0. The smallest absolute Gasteiger partial charge is 0.138 e. The molecule has 2 nitrogen and oxygen atoms in total. The van der Waals surface area contributed by atoms with E-state index < -0.39 is 0 Å². The van der Waals surface area contributed by atoms with Crippen LogP contribution in [0.25, 0.3) is 0 Å². The maximum atomic E-state index is 11.2. The maximum absolute atomic E-state index is 11.2. The summed E-state index contributed by atoms with van der Waals surface area (Å²) in [5.74, 6) is 0.726. The average Bonchev–Trinajstić information content (AvgIpc) is 1.94. The van der Waals surface area contributed by atoms with Gasteiger partial charge in [-0.05, 0) is 5.92 Å². The quantitative estimate of drug-likeness (QED) is 0.667. The van der Waals surface area contributed by atoms with Gasteiger partial charge in [0.25, 0.3) is 0 Å². The van der Waals surface area contributed by atoms with Gasteiger partial charge in [-0.25, -0.2) is 0 Å². The molecule has 0 bridgehead atoms. The molecule has 0 amide bonds. The molecule has 0 radical (unpaired) electrons. The molecule has 0 spiro atoms. The van der Waals surface area contributed by atoms with Crippen molar-refractivity contribution in [3.8, 4) is 0 Å². The minimum atomic E-state index is -0.143. The van der Waals surface area contributed by atoms with E-state index in [2.05, 4.69) is 0 Å². The van der Waals surface area contributed by atoms with Crippen molar-refractivity contribution >= 4 is 5.78 Å². The van der Waals surface area contributed by atoms with E-state index in [1.807, 2.05) is 0 Å². The SMILES string of the molecule is C[C@H](CO)C(=O)CC1CCC1. The first kappa shape index (κ1) is 8.72. The van der Waals surface area contributed by atoms with Crippen molar-refractivity contribution in [3.63, 3.8) is 0 Å². The van der Waals surface area contributed by atoms with Crippen molar-refractivity contribution < 1.29 is 9.90 Å². The molecular weight excluding hydrogens is 140 g/mol. The minimum Gasteiger partial charge on any atom is -0.396 e. The van der Waals surface area contributed by atoms with Crippen LogP contribution in [0.2, 0.25) is 0 Å². The van der Waals surface area contributed by atoms with Gasteiger partial charge in [0.15, 0.2) is 0 Å². The second-order valence-electron chi connectivity index (χ2n) is 3.55. The molecule has 0 aromatic carbocycles. The van der Waals surface area contributed by atoms with Crippen LogP contribution in [0.3, 0.4) is 0 Å². The predicted octanol–water partition coefficient (Wildman–Crippen LogP) is 1.37. The third kappa shape index (κ3) is 2.29. The molecule has 1 N–H and O–H groups in total. The number of hydrogen-bond acceptors (Lipinski definition) is 2. The molecular formula is C9H16O2. The van der Waals surface area contributed by atoms with Gasteiger partial charge >= 0.3 is 0 Å². The maximum Gasteiger partial charge on any atom is 0.138 e. The third-order valence-electron chi connectivity index (χ3n) is 2.54. The predicted molar refractivity (Wildman–Crippen MR) is 43.2 cm³/mol. The Morgan fingerprint density at radius 3 is 2.64 bits per heavy atom. The Kier molecular flexibility index (Phi) is 3.06. The Bertz CT molecular complexity index is 138. The topological polar surface area (TPSA) is 37.3 Å². The first-order chi connectivity index (χ1) is 5.24. The highest BCUT2D eigenvalue weighted by atomic mass is 16.3. The van der Waals surface area contributed by atoms with Crippen LogP contribution in [0.1, 0.15) is 32.6 Å². The van der Waals surface area contributed by atoms with Gasteiger partial charge in [0.1, 0.15) is 5.78 Å². The Morgan fingerprint density at radius 1 is 1.64 bits per heavy atom. The molecule has 0 aromatic heterocycles. The second kappa shape index (κ2) is 3.86. The molecule has 0 aromatic rings. The molecule has 1 atom stereocenters. The summed E-state index contributed by atoms with van der Waals surface area (Å²) in [6, 6.07) is 0. The molecule has 1 fully saturated rings. The van der Waals surface area contributed by atoms with E-state index in [1.165, 1.54) is 19.3 Å². The lowest BCUT2D eigenvalue weighted by Gasteiger charge is -2.25. The highest BCUT2D eigenvalue weighted by Crippen LogP contribution is 2.30. The molecule has 0 heterocycles. The third-order valence-corrected chi connectivity index (χ3v) is 2.54. The molecule has 1 aliphatic rings. The Balaban J connectivity index is 2.19. The lowest BCUT2D eigenvalue weighted by molar-refractivity contribution is -0.124. The summed E-state index contributed by atoms with van der Waals surface area (Å²) in [5, 5.41) is 8.69. The Hall–Kier alpha value is -0.370. The van der Waals surface area contributed by atoms with Gasteiger partial charge in [-0.15, -0.1) is 0 Å². The van der Waals surface area contributed by atoms with E-state index in [9.17, 15) is 4.79 Å². The summed E-state index contributed by atoms with van der Waals surface area (Å²) in [6.45, 7) is 1.80. The molecule has 1 saturated carbocycles. The molecule has 1 aliphatic carbocycles. The molecule has 2 heteroatoms. The van der Waals surface area contributed by atoms with Crippen LogP contribution in [-0.4, -0.2) is 17.5 Å². The van der Waals surface area contributed by atoms with Gasteiger partial charge in [0, 0.05) is 12.3 Å². The fourth-order valence-corrected chi connectivity index (χ4v) is 1.28. The lowest BCUT2D eigenvalue weighted by atomic mass is 9.80. The molecule has 64 valence electrons. The Morgan fingerprint density at radius 2 is 2.27 bits per heavy atom. The minimum absolute atomic E-state index is 0.00551. The molecule has 1 rings (SSSR count). The molecule has 0 unspecified atom stereocenters. The van der Waals surface area contributed by atoms with Crippen molar-refractivity contribution in [1.29, 1.82) is 0 Å². The van der Waals surface area contributed by atoms with E-state index in [1.54, 1.807) is 6.92 Å². The zero-order chi connectivity index (χ0) is 8.27. The van der Waals surface area contributed by atoms with Crippen molar-refractivity contribution in [2.24, 2.45) is 11.8 Å². The lowest BCUT2D eigenvalue weighted by Crippen LogP contribution is -2.21. The van der Waals surface area contributed by atoms with Crippen molar-refractivity contribution in [3.05, 3.63) is 0 Å². The van der Waals surface area contributed by atoms with Crippen molar-refractivity contribution in [2.45, 2.75) is 32.6 Å². The van der Waals surface area contributed by atoms with Gasteiger partial charge in [0.05, 0.1) is 6.61 Å². The average molecular weight is 156 g/mol. The van der Waals surface area contributed by atoms with Crippen LogP contribution in [0.15, 0.2) is 0 Å². The normalized spacial score (nSPS) is 20.9. The number of Topliss-reactive ketones (excluding diaryl/α,β-unsaturated/α-hetero) is 1. The fourth-order valence-electron chi connectivity index (χ4n) is 1.28. The monoisotopic (exact) mass is 156 g/mol. The molecule has 0 saturated heterocycles. The van der Waals surface area contributed by atoms with Gasteiger partial charge < -0.3 is 5.11 Å². The van der Waals surface area contributed by atoms with Crippen LogP contribution in [0, 0.1) is 11.8 Å². The summed E-state index contributed by atoms with van der Waals surface area (Å²) in [6.07, 6.45) is 4.40. The Labute approximate surface area is 67.6 Å². The van der Waals surface area contributed by atoms with Gasteiger partial charge in [-0.1, -0.05) is 26.2 Å². The number of hydrogen-bond donors (Lipinski definition) is 1. The number of ketones is 1. The van der Waals surface area contributed by atoms with Gasteiger partial charge in [0.2, 0.25) is 0 Å². The number of aliphatic hydroxyl groups is 1. The van der Waals surface area contributed by atoms with Crippen molar-refractivity contribution in [2.75, 3.05) is 6.61 Å². The van der Waals surface area contributed by atoms with Gasteiger partial charge in [-0.2, -0.15) is 0 Å². The van der Waals surface area contributed by atoms with E-state index in [4.69, 9.17) is 5.11 Å². The van der Waals surface area contributed by atoms with Crippen LogP contribution in [-0.2, 0) is 4.79 Å². The highest BCUT2D eigenvalue weighted by molar-refractivity contribution is 5.81. The van der Waals surface area contributed by atoms with E-state index >= 15 is 0 Å². The summed E-state index contributed by atoms with van der Waals surface area (Å²) < 4.78 is 0. The summed E-state index contributed by atoms with van der Waals surface area (Å²) in [7, 11) is 0.